The van der Waals surface area contributed by atoms with Crippen LogP contribution in [0.25, 0.3) is 0 Å². The first kappa shape index (κ1) is 108. The van der Waals surface area contributed by atoms with Crippen molar-refractivity contribution in [2.45, 2.75) is 360 Å². The fraction of sp³-hybridized carbons (Fsp3) is 0.696. The number of unbranched alkanes of at least 4 members (excludes halogenated alkanes) is 26. The molecule has 0 spiro atoms. The molecule has 1 atom stereocenters. The molecule has 0 fully saturated rings. The number of aliphatic hydroxyl groups is 1. The normalized spacial score (nSPS) is 8.74. The SMILES string of the molecule is C=CCCCC.C=CCCCC.C=CCCCC.C=CCCCC.C=CCCCC.C=CCCCC.C=CCCCC.C=CCCCC.C=CCCCC.C=CCCCC.C=CCCCC.C=CCCCC.CCCCCC(C)O. The lowest BCUT2D eigenvalue weighted by Crippen LogP contribution is -1.97. The van der Waals surface area contributed by atoms with E-state index >= 15 is 0 Å². The van der Waals surface area contributed by atoms with Gasteiger partial charge in [0, 0.05) is 0 Å². The molecule has 0 rings (SSSR count). The van der Waals surface area contributed by atoms with Gasteiger partial charge in [0.15, 0.2) is 0 Å². The fourth-order valence-electron chi connectivity index (χ4n) is 4.87. The first-order chi connectivity index (χ1) is 38.7. The van der Waals surface area contributed by atoms with Crippen LogP contribution >= 0.6 is 0 Å². The molecule has 0 radical (unpaired) electrons. The summed E-state index contributed by atoms with van der Waals surface area (Å²) < 4.78 is 0. The second-order valence-corrected chi connectivity index (χ2v) is 19.5. The molecule has 0 aromatic carbocycles. The molecule has 0 aromatic heterocycles. The smallest absolute Gasteiger partial charge is 0.0512 e. The Morgan fingerprint density at radius 1 is 0.200 bits per heavy atom. The predicted molar refractivity (Wildman–Crippen MR) is 392 cm³/mol. The van der Waals surface area contributed by atoms with Crippen LogP contribution in [0.4, 0.5) is 0 Å². The highest BCUT2D eigenvalue weighted by Gasteiger charge is 1.92. The van der Waals surface area contributed by atoms with Crippen LogP contribution in [-0.4, -0.2) is 11.2 Å². The third-order valence-electron chi connectivity index (χ3n) is 10.4. The molecule has 0 heterocycles. The van der Waals surface area contributed by atoms with Gasteiger partial charge in [0.25, 0.3) is 0 Å². The summed E-state index contributed by atoms with van der Waals surface area (Å²) in [7, 11) is 0. The minimum Gasteiger partial charge on any atom is -0.393 e. The quantitative estimate of drug-likeness (QED) is 0.0479. The number of aliphatic hydroxyl groups excluding tert-OH is 1. The zero-order valence-corrected chi connectivity index (χ0v) is 58.7. The number of hydrogen-bond donors (Lipinski definition) is 1. The van der Waals surface area contributed by atoms with Crippen molar-refractivity contribution in [1.82, 2.24) is 0 Å². The molecule has 0 aliphatic heterocycles. The van der Waals surface area contributed by atoms with Crippen molar-refractivity contribution in [3.05, 3.63) is 152 Å². The van der Waals surface area contributed by atoms with E-state index in [1.807, 2.05) is 79.8 Å². The third kappa shape index (κ3) is 285. The average Bonchev–Trinajstić information content (AvgIpc) is 3.48. The summed E-state index contributed by atoms with van der Waals surface area (Å²) in [6.45, 7) is 73.4. The first-order valence-corrected chi connectivity index (χ1v) is 33.7. The molecule has 0 aliphatic carbocycles. The van der Waals surface area contributed by atoms with Crippen molar-refractivity contribution in [2.24, 2.45) is 0 Å². The molecule has 0 amide bonds. The molecule has 482 valence electrons. The van der Waals surface area contributed by atoms with Gasteiger partial charge in [0.05, 0.1) is 6.10 Å². The van der Waals surface area contributed by atoms with Crippen LogP contribution < -0.4 is 0 Å². The summed E-state index contributed by atoms with van der Waals surface area (Å²) in [5.74, 6) is 0. The molecule has 1 nitrogen and oxygen atoms in total. The molecular formula is C79H160O. The Morgan fingerprint density at radius 2 is 0.300 bits per heavy atom. The maximum atomic E-state index is 8.78. The number of allylic oxidation sites excluding steroid dienone is 12. The van der Waals surface area contributed by atoms with Crippen LogP contribution in [0.3, 0.4) is 0 Å². The van der Waals surface area contributed by atoms with Crippen molar-refractivity contribution in [1.29, 1.82) is 0 Å². The van der Waals surface area contributed by atoms with Crippen molar-refractivity contribution < 1.29 is 5.11 Å². The van der Waals surface area contributed by atoms with Crippen LogP contribution in [0.2, 0.25) is 0 Å². The molecule has 0 bridgehead atoms. The van der Waals surface area contributed by atoms with Gasteiger partial charge in [-0.05, 0) is 90.4 Å². The highest BCUT2D eigenvalue weighted by Crippen LogP contribution is 2.02. The van der Waals surface area contributed by atoms with Gasteiger partial charge in [-0.3, -0.25) is 0 Å². The van der Waals surface area contributed by atoms with E-state index in [4.69, 9.17) is 5.11 Å². The fourth-order valence-corrected chi connectivity index (χ4v) is 4.87. The van der Waals surface area contributed by atoms with Crippen molar-refractivity contribution in [3.8, 4) is 0 Å². The van der Waals surface area contributed by atoms with E-state index in [1.165, 1.54) is 250 Å². The summed E-state index contributed by atoms with van der Waals surface area (Å²) in [4.78, 5) is 0. The molecular weight excluding hydrogens is 965 g/mol. The molecule has 0 saturated carbocycles. The molecule has 1 N–H and O–H groups in total. The van der Waals surface area contributed by atoms with Gasteiger partial charge in [-0.2, -0.15) is 0 Å². The van der Waals surface area contributed by atoms with Gasteiger partial charge < -0.3 is 5.11 Å². The van der Waals surface area contributed by atoms with Gasteiger partial charge in [0.1, 0.15) is 0 Å². The van der Waals surface area contributed by atoms with E-state index in [2.05, 4.69) is 169 Å². The van der Waals surface area contributed by atoms with Crippen LogP contribution in [0.5, 0.6) is 0 Å². The second kappa shape index (κ2) is 158. The lowest BCUT2D eigenvalue weighted by atomic mass is 10.1. The highest BCUT2D eigenvalue weighted by atomic mass is 16.3. The van der Waals surface area contributed by atoms with Crippen LogP contribution in [0.15, 0.2) is 152 Å². The van der Waals surface area contributed by atoms with Crippen molar-refractivity contribution in [2.75, 3.05) is 0 Å². The topological polar surface area (TPSA) is 20.2 Å². The minimum atomic E-state index is -0.0958. The van der Waals surface area contributed by atoms with E-state index in [1.54, 1.807) is 0 Å². The Bertz CT molecular complexity index is 720. The molecule has 1 heteroatoms. The van der Waals surface area contributed by atoms with Crippen LogP contribution in [0, 0.1) is 0 Å². The average molecular weight is 1130 g/mol. The Labute approximate surface area is 514 Å². The Hall–Kier alpha value is -3.16. The van der Waals surface area contributed by atoms with Crippen LogP contribution in [0.1, 0.15) is 354 Å². The third-order valence-corrected chi connectivity index (χ3v) is 10.4. The van der Waals surface area contributed by atoms with Gasteiger partial charge >= 0.3 is 0 Å². The van der Waals surface area contributed by atoms with Crippen molar-refractivity contribution >= 4 is 0 Å². The lowest BCUT2D eigenvalue weighted by Gasteiger charge is -2.00. The van der Waals surface area contributed by atoms with Gasteiger partial charge in [0.2, 0.25) is 0 Å². The summed E-state index contributed by atoms with van der Waals surface area (Å²) in [6, 6.07) is 0. The monoisotopic (exact) mass is 1130 g/mol. The lowest BCUT2D eigenvalue weighted by molar-refractivity contribution is 0.180. The zero-order chi connectivity index (χ0) is 64.3. The second-order valence-electron chi connectivity index (χ2n) is 19.5. The number of hydrogen-bond acceptors (Lipinski definition) is 1. The Balaban J connectivity index is -0.0000000553. The Kier molecular flexibility index (Phi) is 214. The van der Waals surface area contributed by atoms with E-state index in [0.29, 0.717) is 0 Å². The minimum absolute atomic E-state index is 0.0958. The Morgan fingerprint density at radius 3 is 0.350 bits per heavy atom. The summed E-state index contributed by atoms with van der Waals surface area (Å²) in [6.07, 6.45) is 73.2. The summed E-state index contributed by atoms with van der Waals surface area (Å²) >= 11 is 0. The predicted octanol–water partition coefficient (Wildman–Crippen LogP) is 30.3. The van der Waals surface area contributed by atoms with E-state index in [9.17, 15) is 0 Å². The van der Waals surface area contributed by atoms with Gasteiger partial charge in [-0.15, -0.1) is 78.9 Å². The van der Waals surface area contributed by atoms with E-state index in [0.717, 1.165) is 6.42 Å². The first-order valence-electron chi connectivity index (χ1n) is 33.7. The van der Waals surface area contributed by atoms with Crippen molar-refractivity contribution in [3.63, 3.8) is 0 Å². The summed E-state index contributed by atoms with van der Waals surface area (Å²) in [5.41, 5.74) is 0. The molecule has 0 saturated heterocycles. The van der Waals surface area contributed by atoms with Gasteiger partial charge in [-0.1, -0.05) is 336 Å². The largest absolute Gasteiger partial charge is 0.393 e. The van der Waals surface area contributed by atoms with Gasteiger partial charge in [-0.25, -0.2) is 0 Å². The standard InChI is InChI=1S/C7H16O.12C6H12/c1-3-4-5-6-7(2)8;12*1-3-5-6-4-2/h7-8H,3-6H2,1-2H3;12*3H,1,4-6H2,2H3. The van der Waals surface area contributed by atoms with Crippen LogP contribution in [-0.2, 0) is 0 Å². The maximum Gasteiger partial charge on any atom is 0.0512 e. The zero-order valence-electron chi connectivity index (χ0n) is 58.7. The number of rotatable bonds is 40. The van der Waals surface area contributed by atoms with E-state index in [-0.39, 0.29) is 6.10 Å². The van der Waals surface area contributed by atoms with E-state index < -0.39 is 0 Å². The molecule has 0 aliphatic rings. The molecule has 80 heavy (non-hydrogen) atoms. The molecule has 1 unspecified atom stereocenters. The molecule has 0 aromatic rings. The highest BCUT2D eigenvalue weighted by molar-refractivity contribution is 4.69. The summed E-state index contributed by atoms with van der Waals surface area (Å²) in [5, 5.41) is 8.78. The maximum absolute atomic E-state index is 8.78.